The molecule has 0 aliphatic rings. The van der Waals surface area contributed by atoms with E-state index in [2.05, 4.69) is 15.5 Å². The number of benzene rings is 2. The van der Waals surface area contributed by atoms with Gasteiger partial charge in [0, 0.05) is 23.6 Å². The van der Waals surface area contributed by atoms with Crippen LogP contribution in [0.5, 0.6) is 0 Å². The average molecular weight is 394 g/mol. The van der Waals surface area contributed by atoms with Gasteiger partial charge in [-0.15, -0.1) is 0 Å². The first-order valence-electron chi connectivity index (χ1n) is 8.77. The predicted octanol–water partition coefficient (Wildman–Crippen LogP) is 4.67. The number of halogens is 2. The van der Waals surface area contributed by atoms with Gasteiger partial charge >= 0.3 is 0 Å². The maximum atomic E-state index is 14.6. The Labute approximate surface area is 164 Å². The number of aromatic nitrogens is 3. The summed E-state index contributed by atoms with van der Waals surface area (Å²) >= 11 is 0. The van der Waals surface area contributed by atoms with Crippen molar-refractivity contribution >= 4 is 11.6 Å². The Morgan fingerprint density at radius 2 is 1.86 bits per heavy atom. The second-order valence-electron chi connectivity index (χ2n) is 6.43. The van der Waals surface area contributed by atoms with E-state index in [0.29, 0.717) is 22.8 Å². The standard InChI is InChI=1S/C21H16F2N4O2/c1-12-19(20(26-29-12)14-3-5-15(22)6-4-14)21(28)25-16-7-8-18(17(23)11-16)27-10-9-24-13(27)2/h3-11H,1-2H3,(H,25,28). The van der Waals surface area contributed by atoms with Gasteiger partial charge in [-0.3, -0.25) is 4.79 Å². The van der Waals surface area contributed by atoms with Crippen LogP contribution in [-0.4, -0.2) is 20.6 Å². The number of carbonyl (C=O) groups excluding carboxylic acids is 1. The molecule has 1 N–H and O–H groups in total. The molecule has 0 saturated carbocycles. The number of amides is 1. The minimum absolute atomic E-state index is 0.201. The SMILES string of the molecule is Cc1onc(-c2ccc(F)cc2)c1C(=O)Nc1ccc(-n2ccnc2C)c(F)c1. The molecular weight excluding hydrogens is 378 g/mol. The summed E-state index contributed by atoms with van der Waals surface area (Å²) in [5.74, 6) is -0.472. The lowest BCUT2D eigenvalue weighted by Crippen LogP contribution is -2.14. The summed E-state index contributed by atoms with van der Waals surface area (Å²) in [5, 5.41) is 6.57. The van der Waals surface area contributed by atoms with Gasteiger partial charge in [0.05, 0.1) is 5.69 Å². The predicted molar refractivity (Wildman–Crippen MR) is 103 cm³/mol. The van der Waals surface area contributed by atoms with Crippen molar-refractivity contribution in [3.8, 4) is 16.9 Å². The van der Waals surface area contributed by atoms with Crippen molar-refractivity contribution in [1.29, 1.82) is 0 Å². The number of hydrogen-bond acceptors (Lipinski definition) is 4. The van der Waals surface area contributed by atoms with Gasteiger partial charge in [-0.2, -0.15) is 0 Å². The van der Waals surface area contributed by atoms with Crippen LogP contribution in [0.1, 0.15) is 21.9 Å². The van der Waals surface area contributed by atoms with Gasteiger partial charge in [0.1, 0.15) is 34.5 Å². The molecule has 0 unspecified atom stereocenters. The Bertz CT molecular complexity index is 1200. The van der Waals surface area contributed by atoms with E-state index in [1.807, 2.05) is 0 Å². The minimum atomic E-state index is -0.510. The number of rotatable bonds is 4. The van der Waals surface area contributed by atoms with Crippen molar-refractivity contribution in [1.82, 2.24) is 14.7 Å². The van der Waals surface area contributed by atoms with Crippen LogP contribution < -0.4 is 5.32 Å². The maximum Gasteiger partial charge on any atom is 0.261 e. The van der Waals surface area contributed by atoms with Crippen LogP contribution in [0.25, 0.3) is 16.9 Å². The van der Waals surface area contributed by atoms with Gasteiger partial charge in [0.2, 0.25) is 0 Å². The van der Waals surface area contributed by atoms with Crippen molar-refractivity contribution in [2.75, 3.05) is 5.32 Å². The third-order valence-corrected chi connectivity index (χ3v) is 4.50. The molecule has 0 spiro atoms. The molecule has 0 radical (unpaired) electrons. The second kappa shape index (κ2) is 7.31. The molecule has 2 aromatic carbocycles. The third-order valence-electron chi connectivity index (χ3n) is 4.50. The molecule has 8 heteroatoms. The molecule has 146 valence electrons. The molecule has 2 aromatic heterocycles. The Kier molecular flexibility index (Phi) is 4.67. The molecule has 0 atom stereocenters. The number of aryl methyl sites for hydroxylation is 2. The fraction of sp³-hybridized carbons (Fsp3) is 0.0952. The van der Waals surface area contributed by atoms with Gasteiger partial charge in [0.15, 0.2) is 0 Å². The van der Waals surface area contributed by atoms with E-state index in [0.717, 1.165) is 0 Å². The lowest BCUT2D eigenvalue weighted by Gasteiger charge is -2.10. The van der Waals surface area contributed by atoms with Crippen molar-refractivity contribution in [2.24, 2.45) is 0 Å². The zero-order chi connectivity index (χ0) is 20.5. The van der Waals surface area contributed by atoms with E-state index in [1.54, 1.807) is 42.9 Å². The van der Waals surface area contributed by atoms with Crippen molar-refractivity contribution in [2.45, 2.75) is 13.8 Å². The van der Waals surface area contributed by atoms with Crippen LogP contribution in [0, 0.1) is 25.5 Å². The first kappa shape index (κ1) is 18.5. The zero-order valence-corrected chi connectivity index (χ0v) is 15.6. The van der Waals surface area contributed by atoms with E-state index in [4.69, 9.17) is 4.52 Å². The zero-order valence-electron chi connectivity index (χ0n) is 15.6. The van der Waals surface area contributed by atoms with E-state index in [-0.39, 0.29) is 16.9 Å². The molecule has 0 bridgehead atoms. The summed E-state index contributed by atoms with van der Waals surface area (Å²) in [6, 6.07) is 9.93. The lowest BCUT2D eigenvalue weighted by atomic mass is 10.1. The quantitative estimate of drug-likeness (QED) is 0.546. The number of nitrogens with one attached hydrogen (secondary N) is 1. The summed E-state index contributed by atoms with van der Waals surface area (Å²) in [6.45, 7) is 3.36. The van der Waals surface area contributed by atoms with Crippen LogP contribution in [0.15, 0.2) is 59.4 Å². The second-order valence-corrected chi connectivity index (χ2v) is 6.43. The molecule has 4 rings (SSSR count). The minimum Gasteiger partial charge on any atom is -0.360 e. The highest BCUT2D eigenvalue weighted by Crippen LogP contribution is 2.27. The third kappa shape index (κ3) is 3.52. The number of imidazole rings is 1. The van der Waals surface area contributed by atoms with Crippen molar-refractivity contribution in [3.63, 3.8) is 0 Å². The molecule has 0 saturated heterocycles. The molecule has 1 amide bonds. The Balaban J connectivity index is 1.62. The fourth-order valence-corrected chi connectivity index (χ4v) is 3.05. The molecule has 6 nitrogen and oxygen atoms in total. The Morgan fingerprint density at radius 1 is 1.10 bits per heavy atom. The van der Waals surface area contributed by atoms with Crippen LogP contribution in [0.2, 0.25) is 0 Å². The van der Waals surface area contributed by atoms with Gasteiger partial charge in [-0.05, 0) is 56.3 Å². The normalized spacial score (nSPS) is 10.9. The Hall–Kier alpha value is -3.81. The molecule has 29 heavy (non-hydrogen) atoms. The molecular formula is C21H16F2N4O2. The summed E-state index contributed by atoms with van der Waals surface area (Å²) in [6.07, 6.45) is 3.23. The Morgan fingerprint density at radius 3 is 2.52 bits per heavy atom. The molecule has 0 aliphatic carbocycles. The van der Waals surface area contributed by atoms with Gasteiger partial charge in [-0.25, -0.2) is 13.8 Å². The van der Waals surface area contributed by atoms with Crippen LogP contribution >= 0.6 is 0 Å². The van der Waals surface area contributed by atoms with Gasteiger partial charge in [0.25, 0.3) is 5.91 Å². The lowest BCUT2D eigenvalue weighted by molar-refractivity contribution is 0.102. The summed E-state index contributed by atoms with van der Waals surface area (Å²) in [7, 11) is 0. The van der Waals surface area contributed by atoms with Crippen LogP contribution in [-0.2, 0) is 0 Å². The largest absolute Gasteiger partial charge is 0.360 e. The number of carbonyl (C=O) groups is 1. The van der Waals surface area contributed by atoms with Crippen LogP contribution in [0.3, 0.4) is 0 Å². The van der Waals surface area contributed by atoms with Crippen LogP contribution in [0.4, 0.5) is 14.5 Å². The number of hydrogen-bond donors (Lipinski definition) is 1. The highest BCUT2D eigenvalue weighted by Gasteiger charge is 2.22. The first-order valence-corrected chi connectivity index (χ1v) is 8.77. The number of anilines is 1. The highest BCUT2D eigenvalue weighted by atomic mass is 19.1. The van der Waals surface area contributed by atoms with Gasteiger partial charge in [-0.1, -0.05) is 5.16 Å². The molecule has 2 heterocycles. The average Bonchev–Trinajstić information content (AvgIpc) is 3.28. The number of nitrogens with zero attached hydrogens (tertiary/aromatic N) is 3. The molecule has 4 aromatic rings. The molecule has 0 fully saturated rings. The fourth-order valence-electron chi connectivity index (χ4n) is 3.05. The maximum absolute atomic E-state index is 14.6. The smallest absolute Gasteiger partial charge is 0.261 e. The highest BCUT2D eigenvalue weighted by molar-refractivity contribution is 6.08. The van der Waals surface area contributed by atoms with Gasteiger partial charge < -0.3 is 14.4 Å². The van der Waals surface area contributed by atoms with E-state index in [1.165, 1.54) is 30.3 Å². The molecule has 0 aliphatic heterocycles. The summed E-state index contributed by atoms with van der Waals surface area (Å²) in [4.78, 5) is 16.9. The van der Waals surface area contributed by atoms with Crippen molar-refractivity contribution in [3.05, 3.63) is 83.6 Å². The summed E-state index contributed by atoms with van der Waals surface area (Å²) in [5.41, 5.74) is 1.62. The first-order chi connectivity index (χ1) is 13.9. The van der Waals surface area contributed by atoms with Crippen molar-refractivity contribution < 1.29 is 18.1 Å². The van der Waals surface area contributed by atoms with E-state index < -0.39 is 17.5 Å². The summed E-state index contributed by atoms with van der Waals surface area (Å²) < 4.78 is 34.5. The van der Waals surface area contributed by atoms with E-state index >= 15 is 0 Å². The van der Waals surface area contributed by atoms with E-state index in [9.17, 15) is 13.6 Å². The topological polar surface area (TPSA) is 73.0 Å². The monoisotopic (exact) mass is 394 g/mol.